The number of imide groups is 1. The van der Waals surface area contributed by atoms with Crippen LogP contribution in [0.15, 0.2) is 0 Å². The number of carbonyl (C=O) groups is 2. The maximum Gasteiger partial charge on any atom is 0.405 e. The summed E-state index contributed by atoms with van der Waals surface area (Å²) in [6.07, 6.45) is -4.49. The Bertz CT molecular complexity index is 341. The van der Waals surface area contributed by atoms with Gasteiger partial charge >= 0.3 is 12.2 Å². The van der Waals surface area contributed by atoms with Crippen molar-refractivity contribution in [3.05, 3.63) is 0 Å². The number of nitrogens with zero attached hydrogens (tertiary/aromatic N) is 2. The average molecular weight is 296 g/mol. The van der Waals surface area contributed by atoms with Crippen molar-refractivity contribution in [2.24, 2.45) is 0 Å². The first-order chi connectivity index (χ1) is 9.30. The zero-order valence-electron chi connectivity index (χ0n) is 11.3. The summed E-state index contributed by atoms with van der Waals surface area (Å²) in [5.41, 5.74) is 0. The molecule has 0 atom stereocenters. The smallest absolute Gasteiger partial charge is 0.329 e. The van der Waals surface area contributed by atoms with Gasteiger partial charge in [-0.1, -0.05) is 6.92 Å². The second kappa shape index (κ2) is 7.44. The van der Waals surface area contributed by atoms with Crippen LogP contribution in [0.1, 0.15) is 6.92 Å². The molecule has 0 bridgehead atoms. The molecule has 116 valence electrons. The number of urea groups is 1. The van der Waals surface area contributed by atoms with Crippen molar-refractivity contribution in [2.45, 2.75) is 13.1 Å². The highest BCUT2D eigenvalue weighted by Crippen LogP contribution is 2.11. The van der Waals surface area contributed by atoms with Crippen molar-refractivity contribution in [1.82, 2.24) is 20.4 Å². The van der Waals surface area contributed by atoms with E-state index in [0.717, 1.165) is 19.6 Å². The number of rotatable bonds is 4. The van der Waals surface area contributed by atoms with Crippen LogP contribution < -0.4 is 10.6 Å². The van der Waals surface area contributed by atoms with Crippen molar-refractivity contribution >= 4 is 11.9 Å². The highest BCUT2D eigenvalue weighted by Gasteiger charge is 2.28. The summed E-state index contributed by atoms with van der Waals surface area (Å²) in [7, 11) is 0. The van der Waals surface area contributed by atoms with Gasteiger partial charge in [0, 0.05) is 26.2 Å². The SMILES string of the molecule is CCN1CCN(CC(=O)NC(=O)NCC(F)(F)F)CC1. The van der Waals surface area contributed by atoms with Crippen molar-refractivity contribution in [3.8, 4) is 0 Å². The maximum absolute atomic E-state index is 11.9. The fourth-order valence-electron chi connectivity index (χ4n) is 1.86. The number of amides is 3. The van der Waals surface area contributed by atoms with Crippen LogP contribution in [0.4, 0.5) is 18.0 Å². The highest BCUT2D eigenvalue weighted by molar-refractivity contribution is 5.95. The third-order valence-electron chi connectivity index (χ3n) is 2.98. The topological polar surface area (TPSA) is 64.7 Å². The van der Waals surface area contributed by atoms with E-state index in [9.17, 15) is 22.8 Å². The van der Waals surface area contributed by atoms with Gasteiger partial charge in [-0.25, -0.2) is 4.79 Å². The molecule has 3 amide bonds. The van der Waals surface area contributed by atoms with Gasteiger partial charge < -0.3 is 10.2 Å². The lowest BCUT2D eigenvalue weighted by Crippen LogP contribution is -2.51. The van der Waals surface area contributed by atoms with E-state index in [1.54, 1.807) is 5.32 Å². The van der Waals surface area contributed by atoms with Crippen molar-refractivity contribution < 1.29 is 22.8 Å². The Morgan fingerprint density at radius 2 is 1.65 bits per heavy atom. The van der Waals surface area contributed by atoms with Crippen LogP contribution in [0.5, 0.6) is 0 Å². The van der Waals surface area contributed by atoms with Gasteiger partial charge in [0.05, 0.1) is 6.54 Å². The molecule has 0 spiro atoms. The lowest BCUT2D eigenvalue weighted by Gasteiger charge is -2.33. The zero-order valence-corrected chi connectivity index (χ0v) is 11.3. The number of halogens is 3. The number of hydrogen-bond donors (Lipinski definition) is 2. The van der Waals surface area contributed by atoms with Crippen LogP contribution in [-0.4, -0.2) is 73.7 Å². The molecule has 0 saturated carbocycles. The maximum atomic E-state index is 11.9. The van der Waals surface area contributed by atoms with Gasteiger partial charge in [0.15, 0.2) is 0 Å². The van der Waals surface area contributed by atoms with E-state index in [0.29, 0.717) is 13.1 Å². The molecule has 0 aromatic carbocycles. The van der Waals surface area contributed by atoms with Crippen LogP contribution in [0.2, 0.25) is 0 Å². The number of nitrogens with one attached hydrogen (secondary N) is 2. The molecule has 1 fully saturated rings. The van der Waals surface area contributed by atoms with Crippen molar-refractivity contribution in [3.63, 3.8) is 0 Å². The van der Waals surface area contributed by atoms with Gasteiger partial charge in [0.25, 0.3) is 0 Å². The summed E-state index contributed by atoms with van der Waals surface area (Å²) in [4.78, 5) is 26.6. The first-order valence-corrected chi connectivity index (χ1v) is 6.39. The fourth-order valence-corrected chi connectivity index (χ4v) is 1.86. The minimum Gasteiger partial charge on any atom is -0.329 e. The monoisotopic (exact) mass is 296 g/mol. The van der Waals surface area contributed by atoms with Gasteiger partial charge in [-0.05, 0) is 6.54 Å². The summed E-state index contributed by atoms with van der Waals surface area (Å²) in [5, 5.41) is 3.47. The standard InChI is InChI=1S/C11H19F3N4O2/c1-2-17-3-5-18(6-4-17)7-9(19)16-10(20)15-8-11(12,13)14/h2-8H2,1H3,(H2,15,16,19,20). The van der Waals surface area contributed by atoms with Crippen molar-refractivity contribution in [1.29, 1.82) is 0 Å². The average Bonchev–Trinajstić information content (AvgIpc) is 2.36. The van der Waals surface area contributed by atoms with E-state index in [4.69, 9.17) is 0 Å². The Balaban J connectivity index is 2.22. The predicted molar refractivity (Wildman–Crippen MR) is 66.2 cm³/mol. The molecule has 1 aliphatic heterocycles. The van der Waals surface area contributed by atoms with Crippen LogP contribution in [0.25, 0.3) is 0 Å². The summed E-state index contributed by atoms with van der Waals surface area (Å²) in [6, 6.07) is -1.13. The Labute approximate surface area is 115 Å². The van der Waals surface area contributed by atoms with Crippen molar-refractivity contribution in [2.75, 3.05) is 45.8 Å². The highest BCUT2D eigenvalue weighted by atomic mass is 19.4. The van der Waals surface area contributed by atoms with Crippen LogP contribution >= 0.6 is 0 Å². The van der Waals surface area contributed by atoms with E-state index in [2.05, 4.69) is 4.90 Å². The molecule has 2 N–H and O–H groups in total. The molecule has 0 aliphatic carbocycles. The van der Waals surface area contributed by atoms with Crippen LogP contribution in [0, 0.1) is 0 Å². The van der Waals surface area contributed by atoms with Gasteiger partial charge in [-0.15, -0.1) is 0 Å². The molecule has 1 aliphatic rings. The van der Waals surface area contributed by atoms with Gasteiger partial charge in [-0.2, -0.15) is 13.2 Å². The number of likely N-dealkylation sites (N-methyl/N-ethyl adjacent to an activating group) is 1. The van der Waals surface area contributed by atoms with E-state index in [-0.39, 0.29) is 6.54 Å². The third-order valence-corrected chi connectivity index (χ3v) is 2.98. The largest absolute Gasteiger partial charge is 0.405 e. The number of piperazine rings is 1. The molecule has 1 heterocycles. The van der Waals surface area contributed by atoms with Crippen LogP contribution in [-0.2, 0) is 4.79 Å². The summed E-state index contributed by atoms with van der Waals surface area (Å²) in [6.45, 7) is 4.62. The molecule has 9 heteroatoms. The molecule has 0 radical (unpaired) electrons. The fraction of sp³-hybridized carbons (Fsp3) is 0.818. The molecule has 0 aromatic rings. The van der Waals surface area contributed by atoms with Gasteiger partial charge in [0.1, 0.15) is 6.54 Å². The molecule has 1 rings (SSSR count). The lowest BCUT2D eigenvalue weighted by molar-refractivity contribution is -0.125. The molecule has 6 nitrogen and oxygen atoms in total. The van der Waals surface area contributed by atoms with Crippen LogP contribution in [0.3, 0.4) is 0 Å². The Hall–Kier alpha value is -1.35. The Morgan fingerprint density at radius 1 is 1.10 bits per heavy atom. The summed E-state index contributed by atoms with van der Waals surface area (Å²) < 4.78 is 35.6. The first-order valence-electron chi connectivity index (χ1n) is 6.39. The second-order valence-corrected chi connectivity index (χ2v) is 4.56. The summed E-state index contributed by atoms with van der Waals surface area (Å²) in [5.74, 6) is -0.602. The Morgan fingerprint density at radius 3 is 2.15 bits per heavy atom. The molecular weight excluding hydrogens is 277 g/mol. The number of alkyl halides is 3. The van der Waals surface area contributed by atoms with Gasteiger partial charge in [-0.3, -0.25) is 15.0 Å². The molecule has 1 saturated heterocycles. The Kier molecular flexibility index (Phi) is 6.21. The number of hydrogen-bond acceptors (Lipinski definition) is 4. The number of carbonyl (C=O) groups excluding carboxylic acids is 2. The van der Waals surface area contributed by atoms with E-state index in [1.165, 1.54) is 0 Å². The van der Waals surface area contributed by atoms with E-state index in [1.807, 2.05) is 17.1 Å². The lowest BCUT2D eigenvalue weighted by atomic mass is 10.3. The predicted octanol–water partition coefficient (Wildman–Crippen LogP) is 0.0120. The quantitative estimate of drug-likeness (QED) is 0.767. The molecule has 0 aromatic heterocycles. The molecular formula is C11H19F3N4O2. The summed E-state index contributed by atoms with van der Waals surface area (Å²) >= 11 is 0. The molecule has 0 unspecified atom stereocenters. The first kappa shape index (κ1) is 16.7. The van der Waals surface area contributed by atoms with Gasteiger partial charge in [0.2, 0.25) is 5.91 Å². The zero-order chi connectivity index (χ0) is 15.2. The third kappa shape index (κ3) is 6.71. The van der Waals surface area contributed by atoms with E-state index >= 15 is 0 Å². The molecule has 20 heavy (non-hydrogen) atoms. The minimum absolute atomic E-state index is 0.0109. The van der Waals surface area contributed by atoms with E-state index < -0.39 is 24.7 Å². The normalized spacial score (nSPS) is 17.8. The second-order valence-electron chi connectivity index (χ2n) is 4.56. The minimum atomic E-state index is -4.49.